The standard InChI is InChI=1S/C12H22N4O2S2/c1-12(2,3)10-14-11(19-15-10)13-7-9-5-6-16(8-9)20(4,17)18/h9H,5-8H2,1-4H3,(H,13,14,15). The molecule has 0 saturated carbocycles. The van der Waals surface area contributed by atoms with Gasteiger partial charge in [-0.05, 0) is 12.3 Å². The predicted octanol–water partition coefficient (Wildman–Crippen LogP) is 1.53. The Kier molecular flexibility index (Phi) is 4.36. The minimum Gasteiger partial charge on any atom is -0.360 e. The first kappa shape index (κ1) is 15.7. The first-order valence-electron chi connectivity index (χ1n) is 6.69. The Morgan fingerprint density at radius 2 is 2.15 bits per heavy atom. The normalized spacial score (nSPS) is 21.3. The Hall–Kier alpha value is -0.730. The van der Waals surface area contributed by atoms with Crippen LogP contribution in [0.5, 0.6) is 0 Å². The summed E-state index contributed by atoms with van der Waals surface area (Å²) in [6.07, 6.45) is 2.16. The first-order valence-corrected chi connectivity index (χ1v) is 9.31. The fourth-order valence-electron chi connectivity index (χ4n) is 2.10. The lowest BCUT2D eigenvalue weighted by atomic mass is 9.96. The van der Waals surface area contributed by atoms with E-state index in [2.05, 4.69) is 35.4 Å². The van der Waals surface area contributed by atoms with Crippen molar-refractivity contribution in [1.82, 2.24) is 13.7 Å². The van der Waals surface area contributed by atoms with Gasteiger partial charge in [-0.1, -0.05) is 20.8 Å². The van der Waals surface area contributed by atoms with Crippen molar-refractivity contribution in [1.29, 1.82) is 0 Å². The van der Waals surface area contributed by atoms with E-state index in [4.69, 9.17) is 0 Å². The van der Waals surface area contributed by atoms with Gasteiger partial charge in [0.1, 0.15) is 5.82 Å². The van der Waals surface area contributed by atoms with Crippen LogP contribution < -0.4 is 5.32 Å². The molecule has 1 aromatic heterocycles. The van der Waals surface area contributed by atoms with Gasteiger partial charge in [0.25, 0.3) is 0 Å². The summed E-state index contributed by atoms with van der Waals surface area (Å²) in [5, 5.41) is 4.09. The minimum absolute atomic E-state index is 0.0448. The van der Waals surface area contributed by atoms with E-state index in [1.165, 1.54) is 17.8 Å². The van der Waals surface area contributed by atoms with E-state index in [1.54, 1.807) is 4.31 Å². The van der Waals surface area contributed by atoms with Gasteiger partial charge < -0.3 is 5.32 Å². The molecule has 1 fully saturated rings. The Morgan fingerprint density at radius 1 is 1.45 bits per heavy atom. The Balaban J connectivity index is 1.86. The van der Waals surface area contributed by atoms with Gasteiger partial charge in [0.05, 0.1) is 6.26 Å². The number of rotatable bonds is 4. The van der Waals surface area contributed by atoms with Crippen LogP contribution in [-0.2, 0) is 15.4 Å². The fraction of sp³-hybridized carbons (Fsp3) is 0.833. The van der Waals surface area contributed by atoms with Crippen molar-refractivity contribution in [3.05, 3.63) is 5.82 Å². The maximum Gasteiger partial charge on any atom is 0.211 e. The topological polar surface area (TPSA) is 75.2 Å². The SMILES string of the molecule is CC(C)(C)c1nsc(NCC2CCN(S(C)(=O)=O)C2)n1. The maximum absolute atomic E-state index is 11.5. The van der Waals surface area contributed by atoms with Crippen molar-refractivity contribution in [3.8, 4) is 0 Å². The molecule has 20 heavy (non-hydrogen) atoms. The molecule has 0 aromatic carbocycles. The summed E-state index contributed by atoms with van der Waals surface area (Å²) in [5.74, 6) is 1.18. The molecule has 1 atom stereocenters. The Morgan fingerprint density at radius 3 is 2.65 bits per heavy atom. The molecule has 1 unspecified atom stereocenters. The second-order valence-corrected chi connectivity index (χ2v) is 9.06. The van der Waals surface area contributed by atoms with Crippen molar-refractivity contribution in [2.45, 2.75) is 32.6 Å². The minimum atomic E-state index is -3.05. The molecule has 1 saturated heterocycles. The molecule has 2 heterocycles. The molecule has 0 bridgehead atoms. The van der Waals surface area contributed by atoms with Gasteiger partial charge in [0.2, 0.25) is 15.2 Å². The highest BCUT2D eigenvalue weighted by molar-refractivity contribution is 7.88. The smallest absolute Gasteiger partial charge is 0.211 e. The predicted molar refractivity (Wildman–Crippen MR) is 81.6 cm³/mol. The summed E-state index contributed by atoms with van der Waals surface area (Å²) in [6.45, 7) is 8.20. The summed E-state index contributed by atoms with van der Waals surface area (Å²) in [7, 11) is -3.05. The molecule has 6 nitrogen and oxygen atoms in total. The second-order valence-electron chi connectivity index (χ2n) is 6.33. The number of hydrogen-bond donors (Lipinski definition) is 1. The number of nitrogens with zero attached hydrogens (tertiary/aromatic N) is 3. The van der Waals surface area contributed by atoms with E-state index in [9.17, 15) is 8.42 Å². The van der Waals surface area contributed by atoms with Crippen LogP contribution in [0.3, 0.4) is 0 Å². The van der Waals surface area contributed by atoms with E-state index in [1.807, 2.05) is 0 Å². The third-order valence-corrected chi connectivity index (χ3v) is 5.30. The van der Waals surface area contributed by atoms with E-state index >= 15 is 0 Å². The van der Waals surface area contributed by atoms with Crippen LogP contribution >= 0.6 is 11.5 Å². The molecule has 2 rings (SSSR count). The van der Waals surface area contributed by atoms with Crippen LogP contribution in [0, 0.1) is 5.92 Å². The zero-order valence-electron chi connectivity index (χ0n) is 12.4. The van der Waals surface area contributed by atoms with Crippen LogP contribution in [0.15, 0.2) is 0 Å². The van der Waals surface area contributed by atoms with Gasteiger partial charge in [-0.3, -0.25) is 0 Å². The molecule has 1 aliphatic rings. The van der Waals surface area contributed by atoms with Crippen molar-refractivity contribution < 1.29 is 8.42 Å². The molecule has 0 spiro atoms. The van der Waals surface area contributed by atoms with Gasteiger partial charge in [-0.2, -0.15) is 4.37 Å². The highest BCUT2D eigenvalue weighted by Crippen LogP contribution is 2.24. The molecule has 0 radical (unpaired) electrons. The monoisotopic (exact) mass is 318 g/mol. The van der Waals surface area contributed by atoms with Crippen molar-refractivity contribution in [2.75, 3.05) is 31.2 Å². The van der Waals surface area contributed by atoms with E-state index in [0.29, 0.717) is 19.0 Å². The summed E-state index contributed by atoms with van der Waals surface area (Å²) in [6, 6.07) is 0. The second kappa shape index (κ2) is 5.57. The van der Waals surface area contributed by atoms with E-state index < -0.39 is 10.0 Å². The molecule has 0 amide bonds. The van der Waals surface area contributed by atoms with Crippen LogP contribution in [0.2, 0.25) is 0 Å². The van der Waals surface area contributed by atoms with Gasteiger partial charge in [0, 0.05) is 36.6 Å². The average Bonchev–Trinajstić information content (AvgIpc) is 2.94. The average molecular weight is 318 g/mol. The van der Waals surface area contributed by atoms with Crippen LogP contribution in [0.25, 0.3) is 0 Å². The van der Waals surface area contributed by atoms with E-state index in [-0.39, 0.29) is 5.41 Å². The largest absolute Gasteiger partial charge is 0.360 e. The van der Waals surface area contributed by atoms with E-state index in [0.717, 1.165) is 23.9 Å². The molecule has 8 heteroatoms. The number of nitrogens with one attached hydrogen (secondary N) is 1. The number of aromatic nitrogens is 2. The van der Waals surface area contributed by atoms with Crippen molar-refractivity contribution >= 4 is 26.7 Å². The zero-order valence-corrected chi connectivity index (χ0v) is 14.0. The first-order chi connectivity index (χ1) is 9.16. The molecular weight excluding hydrogens is 296 g/mol. The Labute approximate surface area is 124 Å². The molecule has 1 N–H and O–H groups in total. The summed E-state index contributed by atoms with van der Waals surface area (Å²) in [4.78, 5) is 4.47. The summed E-state index contributed by atoms with van der Waals surface area (Å²) < 4.78 is 28.8. The summed E-state index contributed by atoms with van der Waals surface area (Å²) in [5.41, 5.74) is -0.0448. The van der Waals surface area contributed by atoms with Crippen LogP contribution in [0.4, 0.5) is 5.13 Å². The third kappa shape index (κ3) is 3.89. The number of hydrogen-bond acceptors (Lipinski definition) is 6. The molecule has 114 valence electrons. The summed E-state index contributed by atoms with van der Waals surface area (Å²) >= 11 is 1.36. The highest BCUT2D eigenvalue weighted by atomic mass is 32.2. The Bertz CT molecular complexity index is 562. The van der Waals surface area contributed by atoms with Gasteiger partial charge in [-0.25, -0.2) is 17.7 Å². The maximum atomic E-state index is 11.5. The van der Waals surface area contributed by atoms with Gasteiger partial charge in [0.15, 0.2) is 0 Å². The molecule has 0 aliphatic carbocycles. The molecule has 1 aliphatic heterocycles. The molecule has 1 aromatic rings. The van der Waals surface area contributed by atoms with Gasteiger partial charge >= 0.3 is 0 Å². The van der Waals surface area contributed by atoms with Crippen LogP contribution in [-0.4, -0.2) is 48.0 Å². The highest BCUT2D eigenvalue weighted by Gasteiger charge is 2.28. The number of sulfonamides is 1. The fourth-order valence-corrected chi connectivity index (χ4v) is 3.78. The quantitative estimate of drug-likeness (QED) is 0.911. The lowest BCUT2D eigenvalue weighted by molar-refractivity contribution is 0.466. The number of anilines is 1. The third-order valence-electron chi connectivity index (χ3n) is 3.36. The molecular formula is C12H22N4O2S2. The lowest BCUT2D eigenvalue weighted by Crippen LogP contribution is -2.28. The lowest BCUT2D eigenvalue weighted by Gasteiger charge is -2.14. The van der Waals surface area contributed by atoms with Crippen molar-refractivity contribution in [3.63, 3.8) is 0 Å². The van der Waals surface area contributed by atoms with Crippen LogP contribution in [0.1, 0.15) is 33.0 Å². The van der Waals surface area contributed by atoms with Gasteiger partial charge in [-0.15, -0.1) is 0 Å². The van der Waals surface area contributed by atoms with Crippen molar-refractivity contribution in [2.24, 2.45) is 5.92 Å². The zero-order chi connectivity index (χ0) is 15.0.